The van der Waals surface area contributed by atoms with Gasteiger partial charge in [-0.05, 0) is 114 Å². The monoisotopic (exact) mass is 1350 g/mol. The molecule has 5 rings (SSSR count). The van der Waals surface area contributed by atoms with Crippen molar-refractivity contribution in [2.24, 2.45) is 35.3 Å². The Labute approximate surface area is 561 Å². The van der Waals surface area contributed by atoms with Gasteiger partial charge in [0.2, 0.25) is 53.2 Å². The second kappa shape index (κ2) is 35.7. The van der Waals surface area contributed by atoms with E-state index in [2.05, 4.69) is 26.6 Å². The lowest BCUT2D eigenvalue weighted by Gasteiger charge is -2.36. The highest BCUT2D eigenvalue weighted by atomic mass is 16.6. The Balaban J connectivity index is 1.54. The van der Waals surface area contributed by atoms with Gasteiger partial charge in [-0.1, -0.05) is 73.9 Å². The summed E-state index contributed by atoms with van der Waals surface area (Å²) in [6, 6.07) is -5.39. The Morgan fingerprint density at radius 1 is 0.833 bits per heavy atom. The maximum absolute atomic E-state index is 15.2. The lowest BCUT2D eigenvalue weighted by atomic mass is 9.91. The molecule has 1 aromatic carbocycles. The zero-order chi connectivity index (χ0) is 71.7. The second-order valence-corrected chi connectivity index (χ2v) is 27.1. The van der Waals surface area contributed by atoms with Crippen LogP contribution < -0.4 is 37.1 Å². The Morgan fingerprint density at radius 3 is 2.07 bits per heavy atom. The second-order valence-electron chi connectivity index (χ2n) is 27.1. The largest absolute Gasteiger partial charge is 0.497 e. The first-order valence-electron chi connectivity index (χ1n) is 33.5. The number of likely N-dealkylation sites (tertiary alicyclic amines) is 1. The van der Waals surface area contributed by atoms with E-state index in [4.69, 9.17) is 24.7 Å². The van der Waals surface area contributed by atoms with Gasteiger partial charge in [0.25, 0.3) is 5.91 Å². The summed E-state index contributed by atoms with van der Waals surface area (Å²) in [5, 5.41) is 25.2. The van der Waals surface area contributed by atoms with Gasteiger partial charge in [0.1, 0.15) is 60.2 Å². The van der Waals surface area contributed by atoms with Crippen molar-refractivity contribution in [3.63, 3.8) is 0 Å². The molecule has 0 saturated carbocycles. The standard InChI is InChI=1S/C67H102N10O19/c1-15-37(8)54-50(78)33-53(81)96-57(36(6)7)56(82)38(9)58(83)71-45(30-34(2)3)63(88)77-29-17-19-47(77)65(90)75(13)49(32-41-20-22-42(93-14)23-21-41)67(92)94-39(10)55(61(86)72-54)73-60(85)48(31-35(4)5)74(12)64(89)46-18-16-28-76(46)62(87)40(11)95-66(91)44(24-26-51(68)79)70-59(84)43-25-27-52(80)69-43/h20-23,34-40,43-50,54-55,57,78H,15-19,24-33H2,1-14H3,(H2,68,79)(H,69,80)(H,70,84)(H,71,83)(H,72,86)(H,73,85)/t37-,38-,39-,40-,43-,44-,45+,46-,47-,48+,49-,50+,54+,55-,57+/m0/s1. The number of Topliss-reactive ketones (excluding diaryl/α,β-unsaturated/α-hetero) is 1. The first-order chi connectivity index (χ1) is 45.1. The molecule has 1 aromatic rings. The number of esters is 3. The summed E-state index contributed by atoms with van der Waals surface area (Å²) in [5.41, 5.74) is 5.88. The van der Waals surface area contributed by atoms with Crippen LogP contribution in [-0.4, -0.2) is 221 Å². The summed E-state index contributed by atoms with van der Waals surface area (Å²) in [5.74, 6) is -14.2. The van der Waals surface area contributed by atoms with Gasteiger partial charge in [0, 0.05) is 46.4 Å². The third-order valence-corrected chi connectivity index (χ3v) is 18.4. The van der Waals surface area contributed by atoms with Crippen LogP contribution in [0.25, 0.3) is 0 Å². The fourth-order valence-electron chi connectivity index (χ4n) is 12.4. The molecule has 0 aromatic heterocycles. The molecule has 15 atom stereocenters. The van der Waals surface area contributed by atoms with Crippen molar-refractivity contribution in [2.75, 3.05) is 34.3 Å². The normalized spacial score (nSPS) is 26.6. The van der Waals surface area contributed by atoms with Gasteiger partial charge in [-0.2, -0.15) is 0 Å². The Kier molecular flexibility index (Phi) is 29.1. The number of amides is 10. The smallest absolute Gasteiger partial charge is 0.329 e. The van der Waals surface area contributed by atoms with Crippen LogP contribution in [0.2, 0.25) is 0 Å². The Bertz CT molecular complexity index is 3000. The number of nitrogens with two attached hydrogens (primary N) is 1. The number of nitrogens with zero attached hydrogens (tertiary/aromatic N) is 4. The molecule has 4 saturated heterocycles. The van der Waals surface area contributed by atoms with Gasteiger partial charge in [-0.15, -0.1) is 0 Å². The molecule has 29 nitrogen and oxygen atoms in total. The lowest BCUT2D eigenvalue weighted by molar-refractivity contribution is -0.163. The van der Waals surface area contributed by atoms with Crippen LogP contribution in [0.3, 0.4) is 0 Å². The van der Waals surface area contributed by atoms with Gasteiger partial charge >= 0.3 is 17.9 Å². The average molecular weight is 1350 g/mol. The van der Waals surface area contributed by atoms with E-state index in [1.807, 2.05) is 13.8 Å². The highest BCUT2D eigenvalue weighted by Crippen LogP contribution is 2.28. The molecule has 8 N–H and O–H groups in total. The zero-order valence-corrected chi connectivity index (χ0v) is 58.0. The molecule has 10 amide bonds. The number of carbonyl (C=O) groups is 14. The van der Waals surface area contributed by atoms with Gasteiger partial charge < -0.3 is 76.0 Å². The van der Waals surface area contributed by atoms with E-state index < -0.39 is 180 Å². The molecule has 534 valence electrons. The highest BCUT2D eigenvalue weighted by molar-refractivity contribution is 6.05. The molecular formula is C67H102N10O19. The van der Waals surface area contributed by atoms with E-state index in [0.29, 0.717) is 30.6 Å². The van der Waals surface area contributed by atoms with Crippen molar-refractivity contribution in [1.29, 1.82) is 0 Å². The number of ether oxygens (including phenoxy) is 4. The summed E-state index contributed by atoms with van der Waals surface area (Å²) < 4.78 is 22.9. The number of hydrogen-bond acceptors (Lipinski definition) is 19. The van der Waals surface area contributed by atoms with E-state index >= 15 is 19.2 Å². The molecule has 4 aliphatic heterocycles. The van der Waals surface area contributed by atoms with Crippen LogP contribution in [0.5, 0.6) is 5.75 Å². The van der Waals surface area contributed by atoms with Crippen LogP contribution in [0.4, 0.5) is 0 Å². The minimum absolute atomic E-state index is 0.0193. The number of fused-ring (bicyclic) bond motifs is 1. The first-order valence-corrected chi connectivity index (χ1v) is 33.5. The predicted octanol–water partition coefficient (Wildman–Crippen LogP) is 0.896. The third-order valence-electron chi connectivity index (χ3n) is 18.4. The minimum Gasteiger partial charge on any atom is -0.497 e. The molecule has 0 radical (unpaired) electrons. The van der Waals surface area contributed by atoms with Crippen molar-refractivity contribution in [3.8, 4) is 5.75 Å². The predicted molar refractivity (Wildman–Crippen MR) is 346 cm³/mol. The van der Waals surface area contributed by atoms with E-state index in [9.17, 15) is 53.1 Å². The van der Waals surface area contributed by atoms with Gasteiger partial charge in [-0.25, -0.2) is 9.59 Å². The Morgan fingerprint density at radius 2 is 1.49 bits per heavy atom. The minimum atomic E-state index is -1.86. The number of cyclic esters (lactones) is 2. The summed E-state index contributed by atoms with van der Waals surface area (Å²) in [6.07, 6.45) is -6.48. The molecule has 0 aliphatic carbocycles. The van der Waals surface area contributed by atoms with E-state index in [-0.39, 0.29) is 88.6 Å². The number of nitrogens with one attached hydrogen (secondary N) is 5. The third kappa shape index (κ3) is 20.9. The van der Waals surface area contributed by atoms with Crippen molar-refractivity contribution in [1.82, 2.24) is 46.2 Å². The molecule has 0 spiro atoms. The number of rotatable bonds is 22. The van der Waals surface area contributed by atoms with Gasteiger partial charge in [-0.3, -0.25) is 57.5 Å². The van der Waals surface area contributed by atoms with Crippen LogP contribution in [0.1, 0.15) is 159 Å². The van der Waals surface area contributed by atoms with E-state index in [1.54, 1.807) is 65.8 Å². The number of benzene rings is 1. The summed E-state index contributed by atoms with van der Waals surface area (Å²) in [4.78, 5) is 202. The Hall–Kier alpha value is -8.24. The summed E-state index contributed by atoms with van der Waals surface area (Å²) >= 11 is 0. The van der Waals surface area contributed by atoms with Crippen LogP contribution in [0, 0.1) is 29.6 Å². The fraction of sp³-hybridized carbons (Fsp3) is 0.701. The van der Waals surface area contributed by atoms with Gasteiger partial charge in [0.05, 0.1) is 31.6 Å². The van der Waals surface area contributed by atoms with Crippen LogP contribution in [0.15, 0.2) is 24.3 Å². The zero-order valence-electron chi connectivity index (χ0n) is 58.0. The SMILES string of the molecule is CC[C@H](C)[C@H]1NC(=O)[C@@H](NC(=O)[C@@H](CC(C)C)N(C)C(=O)[C@@H]2CCCN2C(=O)[C@H](C)OC(=O)[C@H](CCC(N)=O)NC(=O)[C@@H]2CCC(=O)N2)[C@H](C)OC(=O)[C@H](Cc2ccc(OC)cc2)N(C)C(=O)[C@@H]2CCCN2C(=O)[C@@H](CC(C)C)NC(=O)[C@@H](C)C(=O)[C@@H](C(C)C)OC(=O)C[C@H]1O. The molecule has 0 bridgehead atoms. The van der Waals surface area contributed by atoms with E-state index in [1.165, 1.54) is 51.8 Å². The topological polar surface area (TPSA) is 395 Å². The number of hydrogen-bond donors (Lipinski definition) is 7. The lowest BCUT2D eigenvalue weighted by Crippen LogP contribution is -2.62. The number of carbonyl (C=O) groups excluding carboxylic acids is 14. The molecule has 0 unspecified atom stereocenters. The first kappa shape index (κ1) is 78.5. The van der Waals surface area contributed by atoms with Crippen molar-refractivity contribution in [3.05, 3.63) is 29.8 Å². The van der Waals surface area contributed by atoms with Crippen molar-refractivity contribution < 1.29 is 91.2 Å². The molecule has 4 aliphatic rings. The number of methoxy groups -OCH3 is 1. The molecule has 96 heavy (non-hydrogen) atoms. The number of aliphatic hydroxyl groups is 1. The van der Waals surface area contributed by atoms with Crippen molar-refractivity contribution in [2.45, 2.75) is 238 Å². The summed E-state index contributed by atoms with van der Waals surface area (Å²) in [7, 11) is 4.17. The molecule has 29 heteroatoms. The molecule has 4 heterocycles. The number of ketones is 1. The highest BCUT2D eigenvalue weighted by Gasteiger charge is 2.47. The van der Waals surface area contributed by atoms with E-state index in [0.717, 1.165) is 9.80 Å². The number of primary amides is 1. The fourth-order valence-corrected chi connectivity index (χ4v) is 12.4. The quantitative estimate of drug-likeness (QED) is 0.0482. The maximum Gasteiger partial charge on any atom is 0.329 e. The molecular weight excluding hydrogens is 1250 g/mol. The number of aliphatic hydroxyl groups excluding tert-OH is 1. The number of likely N-dealkylation sites (N-methyl/N-ethyl adjacent to an activating group) is 2. The van der Waals surface area contributed by atoms with Crippen molar-refractivity contribution >= 4 is 82.8 Å². The average Bonchev–Trinajstić information content (AvgIpc) is 1.60. The van der Waals surface area contributed by atoms with Crippen LogP contribution >= 0.6 is 0 Å². The summed E-state index contributed by atoms with van der Waals surface area (Å²) in [6.45, 7) is 17.8. The maximum atomic E-state index is 15.2. The molecule has 4 fully saturated rings. The van der Waals surface area contributed by atoms with Crippen LogP contribution in [-0.2, 0) is 87.8 Å². The van der Waals surface area contributed by atoms with Gasteiger partial charge in [0.15, 0.2) is 18.0 Å².